The molecule has 1 heterocycles. The second-order valence-electron chi connectivity index (χ2n) is 6.20. The maximum atomic E-state index is 12.6. The number of rotatable bonds is 4. The van der Waals surface area contributed by atoms with Crippen LogP contribution in [0.3, 0.4) is 0 Å². The molecule has 0 bridgehead atoms. The fourth-order valence-corrected chi connectivity index (χ4v) is 2.99. The molecule has 132 valence electrons. The van der Waals surface area contributed by atoms with Crippen LogP contribution in [0, 0.1) is 13.8 Å². The van der Waals surface area contributed by atoms with Gasteiger partial charge in [0.1, 0.15) is 0 Å². The first-order valence-corrected chi connectivity index (χ1v) is 8.65. The van der Waals surface area contributed by atoms with Gasteiger partial charge in [-0.05, 0) is 42.7 Å². The lowest BCUT2D eigenvalue weighted by atomic mass is 10.1. The predicted molar refractivity (Wildman–Crippen MR) is 105 cm³/mol. The number of nitrogens with zero attached hydrogens (tertiary/aromatic N) is 1. The van der Waals surface area contributed by atoms with Crippen LogP contribution in [0.2, 0.25) is 5.02 Å². The van der Waals surface area contributed by atoms with Crippen LogP contribution in [-0.2, 0) is 6.54 Å². The summed E-state index contributed by atoms with van der Waals surface area (Å²) in [5.41, 5.74) is 3.82. The van der Waals surface area contributed by atoms with Gasteiger partial charge >= 0.3 is 0 Å². The summed E-state index contributed by atoms with van der Waals surface area (Å²) in [5.74, 6) is -0.254. The van der Waals surface area contributed by atoms with Gasteiger partial charge in [0.2, 0.25) is 0 Å². The maximum absolute atomic E-state index is 12.6. The Kier molecular flexibility index (Phi) is 5.24. The van der Waals surface area contributed by atoms with E-state index in [9.17, 15) is 9.59 Å². The van der Waals surface area contributed by atoms with Gasteiger partial charge in [0.25, 0.3) is 11.5 Å². The number of halogens is 1. The van der Waals surface area contributed by atoms with Gasteiger partial charge in [0.15, 0.2) is 0 Å². The van der Waals surface area contributed by atoms with Crippen molar-refractivity contribution in [2.45, 2.75) is 20.4 Å². The number of benzene rings is 2. The van der Waals surface area contributed by atoms with Crippen molar-refractivity contribution in [3.63, 3.8) is 0 Å². The summed E-state index contributed by atoms with van der Waals surface area (Å²) < 4.78 is 1.49. The molecule has 1 amide bonds. The molecule has 0 saturated carbocycles. The molecule has 2 aromatic carbocycles. The van der Waals surface area contributed by atoms with Gasteiger partial charge in [-0.25, -0.2) is 0 Å². The van der Waals surface area contributed by atoms with Crippen molar-refractivity contribution in [3.05, 3.63) is 98.4 Å². The van der Waals surface area contributed by atoms with E-state index in [4.69, 9.17) is 11.6 Å². The Hall–Kier alpha value is -2.85. The van der Waals surface area contributed by atoms with E-state index in [1.165, 1.54) is 16.7 Å². The standard InChI is InChI=1S/C21H19ClN2O2/c1-14-6-5-7-15(2)20(14)23-21(26)17-10-11-19(25)24(13-17)12-16-8-3-4-9-18(16)22/h3-11,13H,12H2,1-2H3,(H,23,26). The Labute approximate surface area is 157 Å². The zero-order valence-corrected chi connectivity index (χ0v) is 15.4. The summed E-state index contributed by atoms with van der Waals surface area (Å²) in [7, 11) is 0. The van der Waals surface area contributed by atoms with Gasteiger partial charge < -0.3 is 9.88 Å². The van der Waals surface area contributed by atoms with E-state index in [0.29, 0.717) is 17.1 Å². The molecule has 0 radical (unpaired) electrons. The molecule has 0 aliphatic rings. The Morgan fingerprint density at radius 1 is 1.00 bits per heavy atom. The number of amides is 1. The average Bonchev–Trinajstić information content (AvgIpc) is 2.62. The molecular weight excluding hydrogens is 348 g/mol. The predicted octanol–water partition coefficient (Wildman–Crippen LogP) is 4.42. The second-order valence-corrected chi connectivity index (χ2v) is 6.60. The molecule has 1 aromatic heterocycles. The molecular formula is C21H19ClN2O2. The highest BCUT2D eigenvalue weighted by molar-refractivity contribution is 6.31. The van der Waals surface area contributed by atoms with E-state index in [2.05, 4.69) is 5.32 Å². The summed E-state index contributed by atoms with van der Waals surface area (Å²) in [6, 6.07) is 16.1. The highest BCUT2D eigenvalue weighted by Gasteiger charge is 2.11. The van der Waals surface area contributed by atoms with Crippen LogP contribution >= 0.6 is 11.6 Å². The van der Waals surface area contributed by atoms with Crippen LogP contribution in [0.15, 0.2) is 65.6 Å². The van der Waals surface area contributed by atoms with E-state index in [1.54, 1.807) is 12.3 Å². The number of anilines is 1. The first-order valence-electron chi connectivity index (χ1n) is 8.27. The van der Waals surface area contributed by atoms with E-state index >= 15 is 0 Å². The Balaban J connectivity index is 1.88. The van der Waals surface area contributed by atoms with Gasteiger partial charge in [-0.3, -0.25) is 9.59 Å². The summed E-state index contributed by atoms with van der Waals surface area (Å²) >= 11 is 6.18. The Bertz CT molecular complexity index is 1000. The Morgan fingerprint density at radius 2 is 1.69 bits per heavy atom. The fraction of sp³-hybridized carbons (Fsp3) is 0.143. The molecule has 0 fully saturated rings. The van der Waals surface area contributed by atoms with Crippen LogP contribution in [0.25, 0.3) is 0 Å². The minimum Gasteiger partial charge on any atom is -0.321 e. The normalized spacial score (nSPS) is 10.6. The molecule has 0 aliphatic heterocycles. The average molecular weight is 367 g/mol. The van der Waals surface area contributed by atoms with Crippen molar-refractivity contribution < 1.29 is 4.79 Å². The largest absolute Gasteiger partial charge is 0.321 e. The lowest BCUT2D eigenvalue weighted by molar-refractivity contribution is 0.102. The minimum atomic E-state index is -0.254. The van der Waals surface area contributed by atoms with Crippen molar-refractivity contribution in [2.24, 2.45) is 0 Å². The molecule has 3 rings (SSSR count). The van der Waals surface area contributed by atoms with Crippen molar-refractivity contribution >= 4 is 23.2 Å². The number of pyridine rings is 1. The molecule has 3 aromatic rings. The zero-order chi connectivity index (χ0) is 18.7. The number of carbonyl (C=O) groups excluding carboxylic acids is 1. The number of nitrogens with one attached hydrogen (secondary N) is 1. The third-order valence-electron chi connectivity index (χ3n) is 4.26. The summed E-state index contributed by atoms with van der Waals surface area (Å²) in [5, 5.41) is 3.52. The van der Waals surface area contributed by atoms with Crippen molar-refractivity contribution in [2.75, 3.05) is 5.32 Å². The highest BCUT2D eigenvalue weighted by atomic mass is 35.5. The molecule has 4 nitrogen and oxygen atoms in total. The molecule has 0 aliphatic carbocycles. The molecule has 1 N–H and O–H groups in total. The van der Waals surface area contributed by atoms with Crippen molar-refractivity contribution in [1.29, 1.82) is 0 Å². The number of hydrogen-bond acceptors (Lipinski definition) is 2. The van der Waals surface area contributed by atoms with Crippen molar-refractivity contribution in [1.82, 2.24) is 4.57 Å². The van der Waals surface area contributed by atoms with Crippen LogP contribution in [-0.4, -0.2) is 10.5 Å². The van der Waals surface area contributed by atoms with Crippen LogP contribution < -0.4 is 10.9 Å². The maximum Gasteiger partial charge on any atom is 0.257 e. The summed E-state index contributed by atoms with van der Waals surface area (Å²) in [6.45, 7) is 4.20. The molecule has 0 atom stereocenters. The van der Waals surface area contributed by atoms with Gasteiger partial charge in [-0.15, -0.1) is 0 Å². The number of aromatic nitrogens is 1. The second kappa shape index (κ2) is 7.58. The fourth-order valence-electron chi connectivity index (χ4n) is 2.80. The minimum absolute atomic E-state index is 0.187. The van der Waals surface area contributed by atoms with E-state index in [0.717, 1.165) is 22.4 Å². The van der Waals surface area contributed by atoms with Gasteiger partial charge in [-0.2, -0.15) is 0 Å². The highest BCUT2D eigenvalue weighted by Crippen LogP contribution is 2.20. The van der Waals surface area contributed by atoms with Crippen LogP contribution in [0.1, 0.15) is 27.0 Å². The molecule has 0 unspecified atom stereocenters. The van der Waals surface area contributed by atoms with E-state index < -0.39 is 0 Å². The topological polar surface area (TPSA) is 51.1 Å². The number of para-hydroxylation sites is 1. The van der Waals surface area contributed by atoms with Gasteiger partial charge in [-0.1, -0.05) is 48.0 Å². The SMILES string of the molecule is Cc1cccc(C)c1NC(=O)c1ccc(=O)n(Cc2ccccc2Cl)c1. The molecule has 26 heavy (non-hydrogen) atoms. The zero-order valence-electron chi connectivity index (χ0n) is 14.6. The summed E-state index contributed by atoms with van der Waals surface area (Å²) in [6.07, 6.45) is 1.56. The lowest BCUT2D eigenvalue weighted by Gasteiger charge is -2.13. The Morgan fingerprint density at radius 3 is 2.38 bits per heavy atom. The third kappa shape index (κ3) is 3.86. The third-order valence-corrected chi connectivity index (χ3v) is 4.63. The quantitative estimate of drug-likeness (QED) is 0.743. The smallest absolute Gasteiger partial charge is 0.257 e. The van der Waals surface area contributed by atoms with E-state index in [1.807, 2.05) is 50.2 Å². The number of carbonyl (C=O) groups is 1. The molecule has 5 heteroatoms. The molecule has 0 saturated heterocycles. The van der Waals surface area contributed by atoms with Crippen LogP contribution in [0.4, 0.5) is 5.69 Å². The first-order chi connectivity index (χ1) is 12.5. The molecule has 0 spiro atoms. The van der Waals surface area contributed by atoms with E-state index in [-0.39, 0.29) is 11.5 Å². The first kappa shape index (κ1) is 18.0. The van der Waals surface area contributed by atoms with Gasteiger partial charge in [0, 0.05) is 23.0 Å². The van der Waals surface area contributed by atoms with Crippen molar-refractivity contribution in [3.8, 4) is 0 Å². The van der Waals surface area contributed by atoms with Crippen LogP contribution in [0.5, 0.6) is 0 Å². The monoisotopic (exact) mass is 366 g/mol. The summed E-state index contributed by atoms with van der Waals surface area (Å²) in [4.78, 5) is 24.8. The lowest BCUT2D eigenvalue weighted by Crippen LogP contribution is -2.23. The number of hydrogen-bond donors (Lipinski definition) is 1. The van der Waals surface area contributed by atoms with Gasteiger partial charge in [0.05, 0.1) is 12.1 Å². The number of aryl methyl sites for hydroxylation is 2.